The van der Waals surface area contributed by atoms with Crippen LogP contribution in [0.4, 0.5) is 15.8 Å². The molecular formula is C12H19FN2. The number of rotatable bonds is 4. The van der Waals surface area contributed by atoms with Crippen LogP contribution in [0.25, 0.3) is 0 Å². The van der Waals surface area contributed by atoms with Crippen LogP contribution in [0.1, 0.15) is 27.2 Å². The molecule has 0 heterocycles. The van der Waals surface area contributed by atoms with Gasteiger partial charge in [-0.25, -0.2) is 4.39 Å². The van der Waals surface area contributed by atoms with Gasteiger partial charge in [0.1, 0.15) is 5.82 Å². The molecule has 1 rings (SSSR count). The Balaban J connectivity index is 2.72. The molecule has 0 bridgehead atoms. The lowest BCUT2D eigenvalue weighted by Crippen LogP contribution is -2.23. The largest absolute Gasteiger partial charge is 0.399 e. The molecule has 3 heteroatoms. The standard InChI is InChI=1S/C12H19FN2/c1-4-8(2)9(3)15-12-6-5-10(14)7-11(12)13/h5-9,15H,4,14H2,1-3H3. The highest BCUT2D eigenvalue weighted by molar-refractivity contribution is 5.53. The SMILES string of the molecule is CCC(C)C(C)Nc1ccc(N)cc1F. The van der Waals surface area contributed by atoms with Gasteiger partial charge >= 0.3 is 0 Å². The monoisotopic (exact) mass is 210 g/mol. The van der Waals surface area contributed by atoms with Crippen molar-refractivity contribution in [2.45, 2.75) is 33.2 Å². The minimum Gasteiger partial charge on any atom is -0.399 e. The molecule has 0 spiro atoms. The molecule has 3 N–H and O–H groups in total. The molecule has 0 aliphatic rings. The van der Waals surface area contributed by atoms with Gasteiger partial charge in [-0.15, -0.1) is 0 Å². The first-order valence-corrected chi connectivity index (χ1v) is 5.36. The Morgan fingerprint density at radius 2 is 2.07 bits per heavy atom. The Morgan fingerprint density at radius 3 is 2.60 bits per heavy atom. The Hall–Kier alpha value is -1.25. The number of hydrogen-bond donors (Lipinski definition) is 2. The Labute approximate surface area is 90.7 Å². The van der Waals surface area contributed by atoms with Gasteiger partial charge in [0.2, 0.25) is 0 Å². The number of halogens is 1. The summed E-state index contributed by atoms with van der Waals surface area (Å²) in [6, 6.07) is 4.98. The minimum atomic E-state index is -0.287. The van der Waals surface area contributed by atoms with Crippen molar-refractivity contribution in [2.24, 2.45) is 5.92 Å². The van der Waals surface area contributed by atoms with Crippen molar-refractivity contribution in [3.05, 3.63) is 24.0 Å². The third-order valence-corrected chi connectivity index (χ3v) is 2.87. The summed E-state index contributed by atoms with van der Waals surface area (Å²) < 4.78 is 13.4. The molecule has 0 saturated heterocycles. The molecule has 2 unspecified atom stereocenters. The molecule has 1 aromatic carbocycles. The van der Waals surface area contributed by atoms with Crippen LogP contribution in [0.3, 0.4) is 0 Å². The summed E-state index contributed by atoms with van der Waals surface area (Å²) in [5.74, 6) is 0.229. The lowest BCUT2D eigenvalue weighted by atomic mass is 10.0. The summed E-state index contributed by atoms with van der Waals surface area (Å²) >= 11 is 0. The second-order valence-corrected chi connectivity index (χ2v) is 4.06. The zero-order valence-corrected chi connectivity index (χ0v) is 9.55. The number of hydrogen-bond acceptors (Lipinski definition) is 2. The number of benzene rings is 1. The number of nitrogen functional groups attached to an aromatic ring is 1. The van der Waals surface area contributed by atoms with Crippen LogP contribution in [0.5, 0.6) is 0 Å². The van der Waals surface area contributed by atoms with Crippen LogP contribution in [-0.2, 0) is 0 Å². The number of anilines is 2. The van der Waals surface area contributed by atoms with Gasteiger partial charge in [-0.2, -0.15) is 0 Å². The first-order valence-electron chi connectivity index (χ1n) is 5.36. The van der Waals surface area contributed by atoms with Crippen LogP contribution in [0, 0.1) is 11.7 Å². The fraction of sp³-hybridized carbons (Fsp3) is 0.500. The fourth-order valence-electron chi connectivity index (χ4n) is 1.39. The van der Waals surface area contributed by atoms with E-state index in [-0.39, 0.29) is 11.9 Å². The van der Waals surface area contributed by atoms with Gasteiger partial charge in [0.15, 0.2) is 0 Å². The van der Waals surface area contributed by atoms with Gasteiger partial charge in [-0.3, -0.25) is 0 Å². The van der Waals surface area contributed by atoms with E-state index in [0.717, 1.165) is 6.42 Å². The highest BCUT2D eigenvalue weighted by atomic mass is 19.1. The predicted octanol–water partition coefficient (Wildman–Crippen LogP) is 3.25. The van der Waals surface area contributed by atoms with Crippen LogP contribution in [-0.4, -0.2) is 6.04 Å². The molecule has 0 radical (unpaired) electrons. The number of nitrogens with two attached hydrogens (primary N) is 1. The average molecular weight is 210 g/mol. The fourth-order valence-corrected chi connectivity index (χ4v) is 1.39. The van der Waals surface area contributed by atoms with E-state index in [2.05, 4.69) is 26.1 Å². The number of nitrogens with one attached hydrogen (secondary N) is 1. The van der Waals surface area contributed by atoms with Crippen LogP contribution in [0.2, 0.25) is 0 Å². The van der Waals surface area contributed by atoms with E-state index < -0.39 is 0 Å². The molecular weight excluding hydrogens is 191 g/mol. The average Bonchev–Trinajstić information content (AvgIpc) is 2.20. The van der Waals surface area contributed by atoms with Crippen molar-refractivity contribution in [3.63, 3.8) is 0 Å². The van der Waals surface area contributed by atoms with Crippen LogP contribution >= 0.6 is 0 Å². The topological polar surface area (TPSA) is 38.0 Å². The van der Waals surface area contributed by atoms with Crippen molar-refractivity contribution < 1.29 is 4.39 Å². The maximum absolute atomic E-state index is 13.4. The van der Waals surface area contributed by atoms with E-state index in [1.54, 1.807) is 12.1 Å². The zero-order chi connectivity index (χ0) is 11.4. The second-order valence-electron chi connectivity index (χ2n) is 4.06. The summed E-state index contributed by atoms with van der Waals surface area (Å²) in [7, 11) is 0. The molecule has 0 fully saturated rings. The smallest absolute Gasteiger partial charge is 0.148 e. The molecule has 2 atom stereocenters. The van der Waals surface area contributed by atoms with Crippen molar-refractivity contribution >= 4 is 11.4 Å². The van der Waals surface area contributed by atoms with Crippen molar-refractivity contribution in [2.75, 3.05) is 11.1 Å². The van der Waals surface area contributed by atoms with Gasteiger partial charge in [0.05, 0.1) is 5.69 Å². The molecule has 0 amide bonds. The van der Waals surface area contributed by atoms with Crippen LogP contribution < -0.4 is 11.1 Å². The van der Waals surface area contributed by atoms with E-state index in [0.29, 0.717) is 17.3 Å². The van der Waals surface area contributed by atoms with Crippen molar-refractivity contribution in [1.82, 2.24) is 0 Å². The third kappa shape index (κ3) is 3.11. The molecule has 0 saturated carbocycles. The van der Waals surface area contributed by atoms with E-state index >= 15 is 0 Å². The lowest BCUT2D eigenvalue weighted by Gasteiger charge is -2.21. The predicted molar refractivity (Wildman–Crippen MR) is 63.4 cm³/mol. The van der Waals surface area contributed by atoms with Gasteiger partial charge < -0.3 is 11.1 Å². The van der Waals surface area contributed by atoms with Gasteiger partial charge in [0, 0.05) is 11.7 Å². The van der Waals surface area contributed by atoms with Crippen molar-refractivity contribution in [1.29, 1.82) is 0 Å². The maximum Gasteiger partial charge on any atom is 0.148 e. The molecule has 15 heavy (non-hydrogen) atoms. The summed E-state index contributed by atoms with van der Waals surface area (Å²) in [6.45, 7) is 6.33. The Bertz CT molecular complexity index is 325. The molecule has 2 nitrogen and oxygen atoms in total. The molecule has 84 valence electrons. The van der Waals surface area contributed by atoms with Gasteiger partial charge in [-0.05, 0) is 31.0 Å². The van der Waals surface area contributed by atoms with E-state index in [9.17, 15) is 4.39 Å². The first-order chi connectivity index (χ1) is 7.04. The van der Waals surface area contributed by atoms with Gasteiger partial charge in [0.25, 0.3) is 0 Å². The Kier molecular flexibility index (Phi) is 3.95. The van der Waals surface area contributed by atoms with Gasteiger partial charge in [-0.1, -0.05) is 20.3 Å². The highest BCUT2D eigenvalue weighted by Gasteiger charge is 2.11. The van der Waals surface area contributed by atoms with E-state index in [4.69, 9.17) is 5.73 Å². The lowest BCUT2D eigenvalue weighted by molar-refractivity contribution is 0.491. The molecule has 1 aromatic rings. The summed E-state index contributed by atoms with van der Waals surface area (Å²) in [5.41, 5.74) is 6.45. The highest BCUT2D eigenvalue weighted by Crippen LogP contribution is 2.20. The second kappa shape index (κ2) is 5.01. The molecule has 0 aliphatic heterocycles. The van der Waals surface area contributed by atoms with E-state index in [1.807, 2.05) is 0 Å². The Morgan fingerprint density at radius 1 is 1.40 bits per heavy atom. The van der Waals surface area contributed by atoms with E-state index in [1.165, 1.54) is 6.07 Å². The minimum absolute atomic E-state index is 0.258. The quantitative estimate of drug-likeness (QED) is 0.749. The molecule has 0 aromatic heterocycles. The van der Waals surface area contributed by atoms with Crippen molar-refractivity contribution in [3.8, 4) is 0 Å². The summed E-state index contributed by atoms with van der Waals surface area (Å²) in [5, 5.41) is 3.16. The molecule has 0 aliphatic carbocycles. The summed E-state index contributed by atoms with van der Waals surface area (Å²) in [4.78, 5) is 0. The normalized spacial score (nSPS) is 14.7. The van der Waals surface area contributed by atoms with Crippen LogP contribution in [0.15, 0.2) is 18.2 Å². The zero-order valence-electron chi connectivity index (χ0n) is 9.55. The first kappa shape index (κ1) is 11.8. The maximum atomic E-state index is 13.4. The summed E-state index contributed by atoms with van der Waals surface area (Å²) in [6.07, 6.45) is 1.07. The third-order valence-electron chi connectivity index (χ3n) is 2.87.